The number of aryl methyl sites for hydroxylation is 2. The number of anilines is 1. The lowest BCUT2D eigenvalue weighted by atomic mass is 10.1. The SMILES string of the molecule is COc1ccc(NS(=O)(=O)c2ccc(C)cc2)c2nc(C)ccc12. The fourth-order valence-corrected chi connectivity index (χ4v) is 3.54. The number of pyridine rings is 1. The molecule has 0 saturated heterocycles. The molecule has 1 aromatic heterocycles. The number of nitrogens with zero attached hydrogens (tertiary/aromatic N) is 1. The molecule has 0 spiro atoms. The van der Waals surface area contributed by atoms with Gasteiger partial charge in [-0.1, -0.05) is 17.7 Å². The van der Waals surface area contributed by atoms with Crippen molar-refractivity contribution in [3.05, 3.63) is 59.8 Å². The average molecular weight is 342 g/mol. The maximum atomic E-state index is 12.6. The number of aromatic nitrogens is 1. The predicted molar refractivity (Wildman–Crippen MR) is 95.0 cm³/mol. The lowest BCUT2D eigenvalue weighted by Gasteiger charge is -2.13. The summed E-state index contributed by atoms with van der Waals surface area (Å²) in [5.74, 6) is 0.649. The second kappa shape index (κ2) is 6.13. The summed E-state index contributed by atoms with van der Waals surface area (Å²) in [4.78, 5) is 4.68. The Kier molecular flexibility index (Phi) is 4.15. The summed E-state index contributed by atoms with van der Waals surface area (Å²) in [6.07, 6.45) is 0. The van der Waals surface area contributed by atoms with Crippen LogP contribution in [0.4, 0.5) is 5.69 Å². The molecule has 1 N–H and O–H groups in total. The van der Waals surface area contributed by atoms with Crippen molar-refractivity contribution < 1.29 is 13.2 Å². The van der Waals surface area contributed by atoms with E-state index in [0.717, 1.165) is 16.6 Å². The smallest absolute Gasteiger partial charge is 0.261 e. The van der Waals surface area contributed by atoms with E-state index in [9.17, 15) is 8.42 Å². The van der Waals surface area contributed by atoms with E-state index in [-0.39, 0.29) is 4.90 Å². The summed E-state index contributed by atoms with van der Waals surface area (Å²) in [6.45, 7) is 3.77. The Hall–Kier alpha value is -2.60. The molecule has 124 valence electrons. The largest absolute Gasteiger partial charge is 0.496 e. The fraction of sp³-hybridized carbons (Fsp3) is 0.167. The molecule has 0 fully saturated rings. The Morgan fingerprint density at radius 2 is 1.67 bits per heavy atom. The van der Waals surface area contributed by atoms with Crippen molar-refractivity contribution in [1.29, 1.82) is 0 Å². The summed E-state index contributed by atoms with van der Waals surface area (Å²) in [7, 11) is -2.11. The van der Waals surface area contributed by atoms with Crippen molar-refractivity contribution in [3.63, 3.8) is 0 Å². The number of methoxy groups -OCH3 is 1. The van der Waals surface area contributed by atoms with Gasteiger partial charge in [0.05, 0.1) is 23.2 Å². The van der Waals surface area contributed by atoms with Crippen molar-refractivity contribution in [2.24, 2.45) is 0 Å². The Bertz CT molecular complexity index is 997. The molecule has 2 aromatic carbocycles. The van der Waals surface area contributed by atoms with Gasteiger partial charge in [0.15, 0.2) is 0 Å². The summed E-state index contributed by atoms with van der Waals surface area (Å²) in [5, 5.41) is 0.757. The first kappa shape index (κ1) is 16.3. The molecule has 6 heteroatoms. The number of hydrogen-bond acceptors (Lipinski definition) is 4. The van der Waals surface area contributed by atoms with Crippen LogP contribution in [0.25, 0.3) is 10.9 Å². The van der Waals surface area contributed by atoms with Crippen LogP contribution < -0.4 is 9.46 Å². The maximum absolute atomic E-state index is 12.6. The quantitative estimate of drug-likeness (QED) is 0.785. The zero-order valence-corrected chi connectivity index (χ0v) is 14.5. The van der Waals surface area contributed by atoms with Gasteiger partial charge < -0.3 is 4.74 Å². The number of benzene rings is 2. The number of nitrogens with one attached hydrogen (secondary N) is 1. The van der Waals surface area contributed by atoms with E-state index in [1.54, 1.807) is 43.5 Å². The molecule has 0 aliphatic rings. The van der Waals surface area contributed by atoms with Crippen LogP contribution in [0.15, 0.2) is 53.4 Å². The summed E-state index contributed by atoms with van der Waals surface area (Å²) in [5.41, 5.74) is 2.78. The normalized spacial score (nSPS) is 11.5. The van der Waals surface area contributed by atoms with Crippen LogP contribution in [0.2, 0.25) is 0 Å². The Morgan fingerprint density at radius 3 is 2.33 bits per heavy atom. The molecule has 3 aromatic rings. The molecule has 0 saturated carbocycles. The second-order valence-corrected chi connectivity index (χ2v) is 7.27. The average Bonchev–Trinajstić information content (AvgIpc) is 2.55. The number of hydrogen-bond donors (Lipinski definition) is 1. The van der Waals surface area contributed by atoms with Crippen molar-refractivity contribution in [2.75, 3.05) is 11.8 Å². The first-order valence-electron chi connectivity index (χ1n) is 7.44. The minimum atomic E-state index is -3.68. The van der Waals surface area contributed by atoms with Crippen molar-refractivity contribution in [2.45, 2.75) is 18.7 Å². The Balaban J connectivity index is 2.10. The monoisotopic (exact) mass is 342 g/mol. The van der Waals surface area contributed by atoms with E-state index in [1.807, 2.05) is 26.0 Å². The first-order chi connectivity index (χ1) is 11.4. The molecule has 0 bridgehead atoms. The van der Waals surface area contributed by atoms with E-state index < -0.39 is 10.0 Å². The zero-order valence-electron chi connectivity index (χ0n) is 13.7. The molecule has 0 aliphatic carbocycles. The zero-order chi connectivity index (χ0) is 17.3. The van der Waals surface area contributed by atoms with Crippen molar-refractivity contribution >= 4 is 26.6 Å². The molecule has 0 atom stereocenters. The van der Waals surface area contributed by atoms with Crippen molar-refractivity contribution in [1.82, 2.24) is 4.98 Å². The number of fused-ring (bicyclic) bond motifs is 1. The van der Waals surface area contributed by atoms with Gasteiger partial charge in [0.1, 0.15) is 5.75 Å². The summed E-state index contributed by atoms with van der Waals surface area (Å²) in [6, 6.07) is 13.8. The van der Waals surface area contributed by atoms with Gasteiger partial charge in [0.2, 0.25) is 0 Å². The highest BCUT2D eigenvalue weighted by molar-refractivity contribution is 7.92. The lowest BCUT2D eigenvalue weighted by Crippen LogP contribution is -2.13. The van der Waals surface area contributed by atoms with Gasteiger partial charge in [0, 0.05) is 11.1 Å². The van der Waals surface area contributed by atoms with Crippen LogP contribution in [-0.2, 0) is 10.0 Å². The van der Waals surface area contributed by atoms with E-state index >= 15 is 0 Å². The third-order valence-corrected chi connectivity index (χ3v) is 5.13. The minimum absolute atomic E-state index is 0.213. The molecule has 3 rings (SSSR count). The van der Waals surface area contributed by atoms with Crippen LogP contribution in [0.5, 0.6) is 5.75 Å². The topological polar surface area (TPSA) is 68.3 Å². The summed E-state index contributed by atoms with van der Waals surface area (Å²) < 4.78 is 33.2. The van der Waals surface area contributed by atoms with Crippen LogP contribution in [0, 0.1) is 13.8 Å². The molecule has 1 heterocycles. The molecule has 24 heavy (non-hydrogen) atoms. The minimum Gasteiger partial charge on any atom is -0.496 e. The highest BCUT2D eigenvalue weighted by Gasteiger charge is 2.17. The van der Waals surface area contributed by atoms with E-state index in [0.29, 0.717) is 17.0 Å². The molecule has 0 unspecified atom stereocenters. The van der Waals surface area contributed by atoms with E-state index in [1.165, 1.54) is 0 Å². The standard InChI is InChI=1S/C18H18N2O3S/c1-12-4-7-14(8-5-12)24(21,22)20-16-10-11-17(23-3)15-9-6-13(2)19-18(15)16/h4-11,20H,1-3H3. The van der Waals surface area contributed by atoms with Crippen LogP contribution in [-0.4, -0.2) is 20.5 Å². The highest BCUT2D eigenvalue weighted by Crippen LogP contribution is 2.31. The van der Waals surface area contributed by atoms with Crippen LogP contribution in [0.1, 0.15) is 11.3 Å². The molecular formula is C18H18N2O3S. The number of rotatable bonds is 4. The lowest BCUT2D eigenvalue weighted by molar-refractivity contribution is 0.420. The molecule has 5 nitrogen and oxygen atoms in total. The highest BCUT2D eigenvalue weighted by atomic mass is 32.2. The first-order valence-corrected chi connectivity index (χ1v) is 8.93. The molecule has 0 radical (unpaired) electrons. The van der Waals surface area contributed by atoms with Crippen LogP contribution in [0.3, 0.4) is 0 Å². The third-order valence-electron chi connectivity index (χ3n) is 3.75. The molecular weight excluding hydrogens is 324 g/mol. The predicted octanol–water partition coefficient (Wildman–Crippen LogP) is 3.66. The Morgan fingerprint density at radius 1 is 0.958 bits per heavy atom. The molecule has 0 aliphatic heterocycles. The van der Waals surface area contributed by atoms with Crippen LogP contribution >= 0.6 is 0 Å². The van der Waals surface area contributed by atoms with Gasteiger partial charge in [-0.3, -0.25) is 9.71 Å². The third kappa shape index (κ3) is 3.05. The number of sulfonamides is 1. The van der Waals surface area contributed by atoms with Gasteiger partial charge in [0.25, 0.3) is 10.0 Å². The van der Waals surface area contributed by atoms with Crippen molar-refractivity contribution in [3.8, 4) is 5.75 Å². The number of ether oxygens (including phenoxy) is 1. The fourth-order valence-electron chi connectivity index (χ4n) is 2.47. The second-order valence-electron chi connectivity index (χ2n) is 5.58. The van der Waals surface area contributed by atoms with Gasteiger partial charge >= 0.3 is 0 Å². The molecule has 0 amide bonds. The van der Waals surface area contributed by atoms with Gasteiger partial charge in [-0.2, -0.15) is 0 Å². The van der Waals surface area contributed by atoms with Gasteiger partial charge in [-0.25, -0.2) is 8.42 Å². The Labute approximate surface area is 141 Å². The summed E-state index contributed by atoms with van der Waals surface area (Å²) >= 11 is 0. The maximum Gasteiger partial charge on any atom is 0.261 e. The van der Waals surface area contributed by atoms with E-state index in [4.69, 9.17) is 4.74 Å². The van der Waals surface area contributed by atoms with Gasteiger partial charge in [-0.05, 0) is 50.2 Å². The van der Waals surface area contributed by atoms with E-state index in [2.05, 4.69) is 9.71 Å². The van der Waals surface area contributed by atoms with Gasteiger partial charge in [-0.15, -0.1) is 0 Å².